The van der Waals surface area contributed by atoms with Gasteiger partial charge in [0.1, 0.15) is 18.0 Å². The average Bonchev–Trinajstić information content (AvgIpc) is 2.66. The summed E-state index contributed by atoms with van der Waals surface area (Å²) in [6, 6.07) is 12.0. The first-order chi connectivity index (χ1) is 12.6. The monoisotopic (exact) mass is 351 g/mol. The fourth-order valence-electron chi connectivity index (χ4n) is 4.48. The first kappa shape index (κ1) is 16.8. The van der Waals surface area contributed by atoms with Gasteiger partial charge in [0.25, 0.3) is 0 Å². The van der Waals surface area contributed by atoms with E-state index >= 15 is 0 Å². The van der Waals surface area contributed by atoms with Gasteiger partial charge < -0.3 is 15.5 Å². The fraction of sp³-hybridized carbons (Fsp3) is 0.450. The van der Waals surface area contributed by atoms with Crippen molar-refractivity contribution in [3.05, 3.63) is 48.3 Å². The van der Waals surface area contributed by atoms with Gasteiger partial charge in [-0.15, -0.1) is 0 Å². The van der Waals surface area contributed by atoms with Crippen LogP contribution in [0, 0.1) is 5.41 Å². The van der Waals surface area contributed by atoms with Crippen LogP contribution >= 0.6 is 0 Å². The van der Waals surface area contributed by atoms with E-state index in [2.05, 4.69) is 27.0 Å². The van der Waals surface area contributed by atoms with Gasteiger partial charge in [-0.25, -0.2) is 9.97 Å². The number of likely N-dealkylation sites (N-methyl/N-ethyl adjacent to an activating group) is 1. The Balaban J connectivity index is 1.51. The van der Waals surface area contributed by atoms with E-state index in [4.69, 9.17) is 5.73 Å². The van der Waals surface area contributed by atoms with Gasteiger partial charge in [-0.2, -0.15) is 0 Å². The number of anilines is 2. The third kappa shape index (κ3) is 3.11. The van der Waals surface area contributed by atoms with Crippen LogP contribution in [0.25, 0.3) is 0 Å². The van der Waals surface area contributed by atoms with E-state index in [9.17, 15) is 4.79 Å². The number of nitrogens with two attached hydrogens (primary N) is 1. The van der Waals surface area contributed by atoms with Crippen LogP contribution in [0.3, 0.4) is 0 Å². The zero-order valence-corrected chi connectivity index (χ0v) is 15.1. The van der Waals surface area contributed by atoms with Crippen LogP contribution in [0.2, 0.25) is 0 Å². The molecule has 2 aromatic rings. The lowest BCUT2D eigenvalue weighted by Gasteiger charge is -2.49. The van der Waals surface area contributed by atoms with Crippen LogP contribution in [0.4, 0.5) is 11.6 Å². The van der Waals surface area contributed by atoms with Gasteiger partial charge in [0, 0.05) is 32.7 Å². The largest absolute Gasteiger partial charge is 0.384 e. The number of rotatable bonds is 2. The molecule has 3 heterocycles. The number of likely N-dealkylation sites (tertiary alicyclic amines) is 1. The summed E-state index contributed by atoms with van der Waals surface area (Å²) in [6.07, 6.45) is 4.56. The molecule has 6 nitrogen and oxygen atoms in total. The molecule has 1 atom stereocenters. The smallest absolute Gasteiger partial charge is 0.229 e. The third-order valence-corrected chi connectivity index (χ3v) is 5.91. The van der Waals surface area contributed by atoms with Crippen molar-refractivity contribution < 1.29 is 4.79 Å². The van der Waals surface area contributed by atoms with Crippen LogP contribution in [0.5, 0.6) is 0 Å². The van der Waals surface area contributed by atoms with Crippen molar-refractivity contribution in [1.29, 1.82) is 0 Å². The lowest BCUT2D eigenvalue weighted by atomic mass is 9.68. The van der Waals surface area contributed by atoms with Gasteiger partial charge in [0.15, 0.2) is 0 Å². The van der Waals surface area contributed by atoms with Crippen molar-refractivity contribution in [3.8, 4) is 0 Å². The summed E-state index contributed by atoms with van der Waals surface area (Å²) < 4.78 is 0. The number of benzene rings is 1. The number of carbonyl (C=O) groups excluding carboxylic acids is 1. The van der Waals surface area contributed by atoms with Crippen molar-refractivity contribution in [3.63, 3.8) is 0 Å². The van der Waals surface area contributed by atoms with Crippen molar-refractivity contribution in [1.82, 2.24) is 14.9 Å². The molecule has 2 N–H and O–H groups in total. The van der Waals surface area contributed by atoms with E-state index in [0.29, 0.717) is 5.82 Å². The molecule has 4 rings (SSSR count). The summed E-state index contributed by atoms with van der Waals surface area (Å²) in [4.78, 5) is 25.3. The highest BCUT2D eigenvalue weighted by Gasteiger charge is 2.45. The quantitative estimate of drug-likeness (QED) is 0.898. The molecule has 136 valence electrons. The lowest BCUT2D eigenvalue weighted by Crippen LogP contribution is -2.53. The van der Waals surface area contributed by atoms with Gasteiger partial charge in [-0.05, 0) is 30.2 Å². The van der Waals surface area contributed by atoms with Crippen molar-refractivity contribution in [2.45, 2.75) is 25.2 Å². The van der Waals surface area contributed by atoms with Crippen LogP contribution in [0.15, 0.2) is 42.7 Å². The second kappa shape index (κ2) is 6.59. The van der Waals surface area contributed by atoms with Crippen LogP contribution < -0.4 is 10.6 Å². The number of amides is 1. The maximum Gasteiger partial charge on any atom is 0.229 e. The molecule has 2 fully saturated rings. The van der Waals surface area contributed by atoms with E-state index in [1.807, 2.05) is 36.2 Å². The molecule has 26 heavy (non-hydrogen) atoms. The van der Waals surface area contributed by atoms with Gasteiger partial charge in [0.2, 0.25) is 5.91 Å². The summed E-state index contributed by atoms with van der Waals surface area (Å²) >= 11 is 0. The minimum atomic E-state index is -0.0313. The fourth-order valence-corrected chi connectivity index (χ4v) is 4.48. The van der Waals surface area contributed by atoms with E-state index in [1.54, 1.807) is 0 Å². The highest BCUT2D eigenvalue weighted by Crippen LogP contribution is 2.45. The Hall–Kier alpha value is -2.63. The van der Waals surface area contributed by atoms with E-state index in [-0.39, 0.29) is 17.2 Å². The normalized spacial score (nSPS) is 22.7. The maximum absolute atomic E-state index is 12.8. The van der Waals surface area contributed by atoms with Crippen molar-refractivity contribution in [2.75, 3.05) is 37.3 Å². The molecule has 6 heteroatoms. The molecule has 0 aliphatic carbocycles. The Bertz CT molecular complexity index is 786. The van der Waals surface area contributed by atoms with Crippen LogP contribution in [-0.4, -0.2) is 47.5 Å². The highest BCUT2D eigenvalue weighted by molar-refractivity contribution is 5.84. The Morgan fingerprint density at radius 1 is 1.15 bits per heavy atom. The second-order valence-corrected chi connectivity index (χ2v) is 7.65. The molecule has 0 saturated carbocycles. The molecule has 1 amide bonds. The Kier molecular flexibility index (Phi) is 4.26. The zero-order valence-electron chi connectivity index (χ0n) is 15.1. The molecule has 1 spiro atoms. The Labute approximate surface area is 154 Å². The van der Waals surface area contributed by atoms with Gasteiger partial charge in [-0.3, -0.25) is 4.79 Å². The minimum absolute atomic E-state index is 0.0313. The predicted octanol–water partition coefficient (Wildman–Crippen LogP) is 2.29. The van der Waals surface area contributed by atoms with E-state index in [1.165, 1.54) is 6.33 Å². The molecule has 2 saturated heterocycles. The first-order valence-electron chi connectivity index (χ1n) is 9.19. The topological polar surface area (TPSA) is 75.3 Å². The Morgan fingerprint density at radius 2 is 1.88 bits per heavy atom. The maximum atomic E-state index is 12.8. The minimum Gasteiger partial charge on any atom is -0.384 e. The number of aromatic nitrogens is 2. The number of hydrogen-bond donors (Lipinski definition) is 1. The van der Waals surface area contributed by atoms with Gasteiger partial charge in [-0.1, -0.05) is 30.3 Å². The lowest BCUT2D eigenvalue weighted by molar-refractivity contribution is -0.138. The standard InChI is InChI=1S/C20H25N5O/c1-24-13-20(12-16(19(24)26)15-5-3-2-4-6-15)7-9-25(10-8-20)18-11-17(21)22-14-23-18/h2-6,11,14,16H,7-10,12-13H2,1H3,(H2,21,22,23)/t16-/m0/s1. The average molecular weight is 351 g/mol. The summed E-state index contributed by atoms with van der Waals surface area (Å²) in [5, 5.41) is 0. The number of nitrogens with zero attached hydrogens (tertiary/aromatic N) is 4. The summed E-state index contributed by atoms with van der Waals surface area (Å²) in [5.41, 5.74) is 7.11. The first-order valence-corrected chi connectivity index (χ1v) is 9.19. The predicted molar refractivity (Wildman–Crippen MR) is 102 cm³/mol. The molecule has 1 aromatic carbocycles. The summed E-state index contributed by atoms with van der Waals surface area (Å²) in [7, 11) is 1.94. The number of piperidine rings is 2. The molecule has 0 bridgehead atoms. The van der Waals surface area contributed by atoms with Crippen LogP contribution in [0.1, 0.15) is 30.7 Å². The highest BCUT2D eigenvalue weighted by atomic mass is 16.2. The van der Waals surface area contributed by atoms with Crippen molar-refractivity contribution in [2.24, 2.45) is 5.41 Å². The van der Waals surface area contributed by atoms with E-state index < -0.39 is 0 Å². The van der Waals surface area contributed by atoms with E-state index in [0.717, 1.165) is 50.3 Å². The van der Waals surface area contributed by atoms with Gasteiger partial charge in [0.05, 0.1) is 5.92 Å². The molecular formula is C20H25N5O. The van der Waals surface area contributed by atoms with Crippen molar-refractivity contribution >= 4 is 17.5 Å². The number of nitrogen functional groups attached to an aromatic ring is 1. The summed E-state index contributed by atoms with van der Waals surface area (Å²) in [6.45, 7) is 2.70. The molecule has 1 aromatic heterocycles. The van der Waals surface area contributed by atoms with Gasteiger partial charge >= 0.3 is 0 Å². The summed E-state index contributed by atoms with van der Waals surface area (Å²) in [5.74, 6) is 1.61. The van der Waals surface area contributed by atoms with Crippen LogP contribution in [-0.2, 0) is 4.79 Å². The molecule has 0 radical (unpaired) electrons. The second-order valence-electron chi connectivity index (χ2n) is 7.65. The molecule has 2 aliphatic heterocycles. The zero-order chi connectivity index (χ0) is 18.1. The third-order valence-electron chi connectivity index (χ3n) is 5.91. The SMILES string of the molecule is CN1CC2(CCN(c3cc(N)ncn3)CC2)C[C@@H](c2ccccc2)C1=O. The number of hydrogen-bond acceptors (Lipinski definition) is 5. The molecule has 0 unspecified atom stereocenters. The molecular weight excluding hydrogens is 326 g/mol. The molecule has 2 aliphatic rings. The number of carbonyl (C=O) groups is 1. The Morgan fingerprint density at radius 3 is 2.58 bits per heavy atom.